The zero-order valence-electron chi connectivity index (χ0n) is 20.6. The Labute approximate surface area is 215 Å². The third-order valence-electron chi connectivity index (χ3n) is 5.93. The van der Waals surface area contributed by atoms with Crippen LogP contribution in [-0.4, -0.2) is 59.7 Å². The number of benzene rings is 3. The molecule has 1 aliphatic rings. The van der Waals surface area contributed by atoms with Crippen LogP contribution in [0.1, 0.15) is 29.8 Å². The second-order valence-electron chi connectivity index (χ2n) is 8.47. The first-order valence-electron chi connectivity index (χ1n) is 12.1. The number of nitrogens with zero attached hydrogens (tertiary/aromatic N) is 2. The molecule has 190 valence electrons. The van der Waals surface area contributed by atoms with Crippen LogP contribution in [0.5, 0.6) is 11.5 Å². The van der Waals surface area contributed by atoms with Gasteiger partial charge in [-0.3, -0.25) is 4.90 Å². The van der Waals surface area contributed by atoms with Crippen molar-refractivity contribution < 1.29 is 23.8 Å². The maximum atomic E-state index is 13.5. The first-order chi connectivity index (χ1) is 17.5. The summed E-state index contributed by atoms with van der Waals surface area (Å²) in [6, 6.07) is 17.5. The van der Waals surface area contributed by atoms with Crippen molar-refractivity contribution in [2.45, 2.75) is 25.3 Å². The van der Waals surface area contributed by atoms with Gasteiger partial charge < -0.3 is 14.6 Å². The lowest BCUT2D eigenvalue weighted by Crippen LogP contribution is -2.42. The number of carboxylic acid groups (broad SMARTS) is 1. The highest BCUT2D eigenvalue weighted by atomic mass is 32.2. The van der Waals surface area contributed by atoms with E-state index in [1.165, 1.54) is 12.1 Å². The van der Waals surface area contributed by atoms with Gasteiger partial charge in [-0.15, -0.1) is 0 Å². The van der Waals surface area contributed by atoms with Crippen LogP contribution in [0.25, 0.3) is 11.1 Å². The maximum absolute atomic E-state index is 13.5. The molecule has 0 unspecified atom stereocenters. The summed E-state index contributed by atoms with van der Waals surface area (Å²) in [5, 5.41) is 9.07. The molecule has 1 aliphatic heterocycles. The summed E-state index contributed by atoms with van der Waals surface area (Å²) in [7, 11) is 0. The molecule has 0 spiro atoms. The van der Waals surface area contributed by atoms with Crippen molar-refractivity contribution in [2.75, 3.05) is 39.4 Å². The highest BCUT2D eigenvalue weighted by Gasteiger charge is 2.21. The summed E-state index contributed by atoms with van der Waals surface area (Å²) in [5.41, 5.74) is 3.11. The summed E-state index contributed by atoms with van der Waals surface area (Å²) in [6.45, 7) is 9.34. The molecule has 0 amide bonds. The minimum Gasteiger partial charge on any atom is -0.493 e. The molecule has 0 radical (unpaired) electrons. The number of hydrogen-bond acceptors (Lipinski definition) is 6. The number of carboxylic acids is 1. The fourth-order valence-corrected chi connectivity index (χ4v) is 5.12. The lowest BCUT2D eigenvalue weighted by Gasteiger charge is -2.34. The van der Waals surface area contributed by atoms with Gasteiger partial charge in [0.15, 0.2) is 0 Å². The number of carbonyl (C=O) groups is 1. The van der Waals surface area contributed by atoms with E-state index >= 15 is 0 Å². The minimum absolute atomic E-state index is 0.277. The van der Waals surface area contributed by atoms with E-state index in [-0.39, 0.29) is 5.82 Å². The van der Waals surface area contributed by atoms with Crippen molar-refractivity contribution in [2.24, 2.45) is 0 Å². The first kappa shape index (κ1) is 26.0. The maximum Gasteiger partial charge on any atom is 0.335 e. The van der Waals surface area contributed by atoms with E-state index in [4.69, 9.17) is 14.6 Å². The van der Waals surface area contributed by atoms with Gasteiger partial charge in [-0.1, -0.05) is 12.1 Å². The number of hydrogen-bond donors (Lipinski definition) is 1. The average Bonchev–Trinajstić information content (AvgIpc) is 2.87. The lowest BCUT2D eigenvalue weighted by atomic mass is 10.0. The Bertz CT molecular complexity index is 1140. The standard InChI is InChI=1S/C28H31FN2O4S/c1-3-34-25-17-20(18-26(35-4-2)27(25)21-5-9-23(29)10-6-21)19-30-13-15-31(16-14-30)36-24-11-7-22(8-12-24)28(32)33/h5-12,17-18H,3-4,13-16,19H2,1-2H3,(H,32,33). The number of aromatic carboxylic acids is 1. The zero-order chi connectivity index (χ0) is 25.5. The molecule has 36 heavy (non-hydrogen) atoms. The summed E-state index contributed by atoms with van der Waals surface area (Å²) in [4.78, 5) is 14.5. The van der Waals surface area contributed by atoms with Gasteiger partial charge >= 0.3 is 5.97 Å². The van der Waals surface area contributed by atoms with Crippen molar-refractivity contribution in [3.63, 3.8) is 0 Å². The van der Waals surface area contributed by atoms with Crippen LogP contribution < -0.4 is 9.47 Å². The van der Waals surface area contributed by atoms with Crippen molar-refractivity contribution >= 4 is 17.9 Å². The topological polar surface area (TPSA) is 62.2 Å². The van der Waals surface area contributed by atoms with Crippen molar-refractivity contribution in [1.82, 2.24) is 9.21 Å². The molecule has 3 aromatic rings. The van der Waals surface area contributed by atoms with E-state index in [1.807, 2.05) is 26.0 Å². The van der Waals surface area contributed by atoms with Gasteiger partial charge in [-0.05, 0) is 85.5 Å². The zero-order valence-corrected chi connectivity index (χ0v) is 21.4. The van der Waals surface area contributed by atoms with Crippen LogP contribution in [0.4, 0.5) is 4.39 Å². The molecule has 3 aromatic carbocycles. The van der Waals surface area contributed by atoms with Gasteiger partial charge in [0, 0.05) is 37.6 Å². The Balaban J connectivity index is 1.44. The van der Waals surface area contributed by atoms with E-state index in [1.54, 1.807) is 36.2 Å². The molecule has 0 aliphatic carbocycles. The summed E-state index contributed by atoms with van der Waals surface area (Å²) >= 11 is 1.66. The third kappa shape index (κ3) is 6.57. The van der Waals surface area contributed by atoms with Crippen LogP contribution in [0.15, 0.2) is 65.6 Å². The van der Waals surface area contributed by atoms with Gasteiger partial charge in [0.2, 0.25) is 0 Å². The van der Waals surface area contributed by atoms with Crippen LogP contribution in [-0.2, 0) is 6.54 Å². The Hall–Kier alpha value is -3.07. The second-order valence-corrected chi connectivity index (χ2v) is 9.64. The molecular formula is C28H31FN2O4S. The van der Waals surface area contributed by atoms with Crippen molar-refractivity contribution in [3.05, 3.63) is 77.6 Å². The fraction of sp³-hybridized carbons (Fsp3) is 0.321. The summed E-state index contributed by atoms with van der Waals surface area (Å²) in [5.74, 6) is 0.292. The van der Waals surface area contributed by atoms with Crippen molar-refractivity contribution in [1.29, 1.82) is 0 Å². The van der Waals surface area contributed by atoms with E-state index in [0.29, 0.717) is 18.8 Å². The molecule has 8 heteroatoms. The quantitative estimate of drug-likeness (QED) is 0.345. The van der Waals surface area contributed by atoms with Crippen LogP contribution in [0, 0.1) is 5.82 Å². The van der Waals surface area contributed by atoms with E-state index in [9.17, 15) is 9.18 Å². The largest absolute Gasteiger partial charge is 0.493 e. The Kier molecular flexibility index (Phi) is 8.85. The van der Waals surface area contributed by atoms with E-state index in [0.717, 1.165) is 65.8 Å². The Morgan fingerprint density at radius 3 is 2.03 bits per heavy atom. The molecule has 1 heterocycles. The highest BCUT2D eigenvalue weighted by Crippen LogP contribution is 2.40. The lowest BCUT2D eigenvalue weighted by molar-refractivity contribution is 0.0696. The molecule has 0 bridgehead atoms. The van der Waals surface area contributed by atoms with E-state index in [2.05, 4.69) is 21.3 Å². The average molecular weight is 511 g/mol. The fourth-order valence-electron chi connectivity index (χ4n) is 4.22. The smallest absolute Gasteiger partial charge is 0.335 e. The number of rotatable bonds is 10. The molecule has 4 rings (SSSR count). The first-order valence-corrected chi connectivity index (χ1v) is 12.9. The molecular weight excluding hydrogens is 479 g/mol. The number of halogens is 1. The predicted octanol–water partition coefficient (Wildman–Crippen LogP) is 5.81. The van der Waals surface area contributed by atoms with Gasteiger partial charge in [0.05, 0.1) is 24.3 Å². The van der Waals surface area contributed by atoms with Gasteiger partial charge in [0.25, 0.3) is 0 Å². The minimum atomic E-state index is -0.911. The van der Waals surface area contributed by atoms with E-state index < -0.39 is 5.97 Å². The number of piperazine rings is 1. The highest BCUT2D eigenvalue weighted by molar-refractivity contribution is 7.97. The van der Waals surface area contributed by atoms with Gasteiger partial charge in [-0.2, -0.15) is 0 Å². The van der Waals surface area contributed by atoms with Crippen LogP contribution in [0.3, 0.4) is 0 Å². The van der Waals surface area contributed by atoms with Crippen LogP contribution >= 0.6 is 11.9 Å². The Morgan fingerprint density at radius 2 is 1.50 bits per heavy atom. The molecule has 1 saturated heterocycles. The summed E-state index contributed by atoms with van der Waals surface area (Å²) < 4.78 is 27.8. The third-order valence-corrected chi connectivity index (χ3v) is 7.04. The SMILES string of the molecule is CCOc1cc(CN2CCN(Sc3ccc(C(=O)O)cc3)CC2)cc(OCC)c1-c1ccc(F)cc1. The normalized spacial score (nSPS) is 14.5. The Morgan fingerprint density at radius 1 is 0.917 bits per heavy atom. The second kappa shape index (κ2) is 12.3. The predicted molar refractivity (Wildman–Crippen MR) is 140 cm³/mol. The van der Waals surface area contributed by atoms with Crippen LogP contribution in [0.2, 0.25) is 0 Å². The number of ether oxygens (including phenoxy) is 2. The molecule has 0 saturated carbocycles. The summed E-state index contributed by atoms with van der Waals surface area (Å²) in [6.07, 6.45) is 0. The molecule has 1 fully saturated rings. The molecule has 6 nitrogen and oxygen atoms in total. The van der Waals surface area contributed by atoms with Crippen molar-refractivity contribution in [3.8, 4) is 22.6 Å². The van der Waals surface area contributed by atoms with Gasteiger partial charge in [-0.25, -0.2) is 13.5 Å². The molecule has 1 N–H and O–H groups in total. The molecule has 0 aromatic heterocycles. The van der Waals surface area contributed by atoms with Gasteiger partial charge in [0.1, 0.15) is 17.3 Å². The molecule has 0 atom stereocenters. The monoisotopic (exact) mass is 510 g/mol.